The maximum atomic E-state index is 9.45. The number of phenolic OH excluding ortho intramolecular Hbond substituents is 1. The number of methoxy groups -OCH3 is 1. The van der Waals surface area contributed by atoms with Gasteiger partial charge in [-0.25, -0.2) is 0 Å². The van der Waals surface area contributed by atoms with Crippen molar-refractivity contribution in [3.63, 3.8) is 0 Å². The van der Waals surface area contributed by atoms with Crippen molar-refractivity contribution in [1.29, 1.82) is 0 Å². The molecule has 0 unspecified atom stereocenters. The summed E-state index contributed by atoms with van der Waals surface area (Å²) in [5, 5.41) is 9.45. The molecule has 0 bridgehead atoms. The van der Waals surface area contributed by atoms with Crippen molar-refractivity contribution in [2.75, 3.05) is 7.11 Å². The first kappa shape index (κ1) is 9.55. The Bertz CT molecular complexity index is 284. The van der Waals surface area contributed by atoms with E-state index < -0.39 is 0 Å². The SMILES string of the molecule is COCc1c(O)ccc(Br)c1C. The van der Waals surface area contributed by atoms with Gasteiger partial charge in [0.2, 0.25) is 0 Å². The molecule has 1 aromatic carbocycles. The molecule has 0 atom stereocenters. The predicted molar refractivity (Wildman–Crippen MR) is 51.3 cm³/mol. The van der Waals surface area contributed by atoms with Gasteiger partial charge in [0, 0.05) is 17.1 Å². The van der Waals surface area contributed by atoms with Crippen LogP contribution in [0.2, 0.25) is 0 Å². The number of rotatable bonds is 2. The lowest BCUT2D eigenvalue weighted by Crippen LogP contribution is -1.93. The van der Waals surface area contributed by atoms with Gasteiger partial charge in [-0.3, -0.25) is 0 Å². The van der Waals surface area contributed by atoms with E-state index in [1.165, 1.54) is 0 Å². The fourth-order valence-corrected chi connectivity index (χ4v) is 1.41. The molecule has 12 heavy (non-hydrogen) atoms. The van der Waals surface area contributed by atoms with Crippen LogP contribution in [0.3, 0.4) is 0 Å². The van der Waals surface area contributed by atoms with Crippen molar-refractivity contribution in [1.82, 2.24) is 0 Å². The summed E-state index contributed by atoms with van der Waals surface area (Å²) in [5.41, 5.74) is 1.86. The van der Waals surface area contributed by atoms with Crippen LogP contribution in [-0.4, -0.2) is 12.2 Å². The Balaban J connectivity index is 3.14. The third kappa shape index (κ3) is 1.79. The minimum Gasteiger partial charge on any atom is -0.508 e. The topological polar surface area (TPSA) is 29.5 Å². The fraction of sp³-hybridized carbons (Fsp3) is 0.333. The van der Waals surface area contributed by atoms with Gasteiger partial charge in [0.15, 0.2) is 0 Å². The van der Waals surface area contributed by atoms with Crippen molar-refractivity contribution < 1.29 is 9.84 Å². The van der Waals surface area contributed by atoms with E-state index in [4.69, 9.17) is 4.74 Å². The Morgan fingerprint density at radius 1 is 1.50 bits per heavy atom. The van der Waals surface area contributed by atoms with Crippen LogP contribution in [-0.2, 0) is 11.3 Å². The lowest BCUT2D eigenvalue weighted by molar-refractivity contribution is 0.181. The van der Waals surface area contributed by atoms with E-state index in [0.717, 1.165) is 15.6 Å². The molecule has 2 nitrogen and oxygen atoms in total. The van der Waals surface area contributed by atoms with Crippen LogP contribution in [0.15, 0.2) is 16.6 Å². The third-order valence-corrected chi connectivity index (χ3v) is 2.66. The summed E-state index contributed by atoms with van der Waals surface area (Å²) in [6, 6.07) is 3.48. The Morgan fingerprint density at radius 2 is 2.17 bits per heavy atom. The number of hydrogen-bond donors (Lipinski definition) is 1. The number of ether oxygens (including phenoxy) is 1. The summed E-state index contributed by atoms with van der Waals surface area (Å²) in [6.07, 6.45) is 0. The van der Waals surface area contributed by atoms with Crippen LogP contribution in [0.5, 0.6) is 5.75 Å². The summed E-state index contributed by atoms with van der Waals surface area (Å²) < 4.78 is 5.96. The van der Waals surface area contributed by atoms with Crippen molar-refractivity contribution in [3.05, 3.63) is 27.7 Å². The van der Waals surface area contributed by atoms with Gasteiger partial charge in [-0.1, -0.05) is 15.9 Å². The standard InChI is InChI=1S/C9H11BrO2/c1-6-7(5-12-2)9(11)4-3-8(6)10/h3-4,11H,5H2,1-2H3. The van der Waals surface area contributed by atoms with E-state index in [2.05, 4.69) is 15.9 Å². The van der Waals surface area contributed by atoms with Crippen LogP contribution in [0.4, 0.5) is 0 Å². The summed E-state index contributed by atoms with van der Waals surface area (Å²) in [7, 11) is 1.61. The molecule has 1 N–H and O–H groups in total. The average molecular weight is 231 g/mol. The molecule has 0 aliphatic carbocycles. The second kappa shape index (κ2) is 3.92. The van der Waals surface area contributed by atoms with Gasteiger partial charge in [-0.05, 0) is 24.6 Å². The van der Waals surface area contributed by atoms with Crippen molar-refractivity contribution >= 4 is 15.9 Å². The highest BCUT2D eigenvalue weighted by Crippen LogP contribution is 2.27. The highest BCUT2D eigenvalue weighted by molar-refractivity contribution is 9.10. The smallest absolute Gasteiger partial charge is 0.121 e. The van der Waals surface area contributed by atoms with Gasteiger partial charge >= 0.3 is 0 Å². The summed E-state index contributed by atoms with van der Waals surface area (Å²) in [5.74, 6) is 0.289. The van der Waals surface area contributed by atoms with Gasteiger partial charge in [0.25, 0.3) is 0 Å². The van der Waals surface area contributed by atoms with E-state index in [0.29, 0.717) is 6.61 Å². The van der Waals surface area contributed by atoms with E-state index in [1.807, 2.05) is 13.0 Å². The van der Waals surface area contributed by atoms with Crippen molar-refractivity contribution in [2.24, 2.45) is 0 Å². The molecule has 0 saturated heterocycles. The maximum absolute atomic E-state index is 9.45. The Morgan fingerprint density at radius 3 is 2.75 bits per heavy atom. The highest BCUT2D eigenvalue weighted by atomic mass is 79.9. The largest absolute Gasteiger partial charge is 0.508 e. The molecule has 0 aliphatic rings. The minimum atomic E-state index is 0.289. The van der Waals surface area contributed by atoms with Crippen molar-refractivity contribution in [3.8, 4) is 5.75 Å². The first-order valence-corrected chi connectivity index (χ1v) is 4.42. The molecule has 1 rings (SSSR count). The maximum Gasteiger partial charge on any atom is 0.121 e. The van der Waals surface area contributed by atoms with Crippen molar-refractivity contribution in [2.45, 2.75) is 13.5 Å². The van der Waals surface area contributed by atoms with Crippen LogP contribution in [0, 0.1) is 6.92 Å². The van der Waals surface area contributed by atoms with E-state index in [9.17, 15) is 5.11 Å². The second-order valence-corrected chi connectivity index (χ2v) is 3.46. The van der Waals surface area contributed by atoms with Crippen LogP contribution >= 0.6 is 15.9 Å². The molecule has 0 amide bonds. The van der Waals surface area contributed by atoms with Gasteiger partial charge in [-0.15, -0.1) is 0 Å². The first-order valence-electron chi connectivity index (χ1n) is 3.62. The van der Waals surface area contributed by atoms with Gasteiger partial charge < -0.3 is 9.84 Å². The van der Waals surface area contributed by atoms with E-state index in [1.54, 1.807) is 13.2 Å². The van der Waals surface area contributed by atoms with Crippen LogP contribution < -0.4 is 0 Å². The lowest BCUT2D eigenvalue weighted by atomic mass is 10.1. The Kier molecular flexibility index (Phi) is 3.12. The average Bonchev–Trinajstić information content (AvgIpc) is 2.06. The van der Waals surface area contributed by atoms with Gasteiger partial charge in [0.1, 0.15) is 5.75 Å². The molecular formula is C9H11BrO2. The molecule has 3 heteroatoms. The second-order valence-electron chi connectivity index (χ2n) is 2.60. The molecule has 1 aromatic rings. The molecule has 0 aliphatic heterocycles. The number of benzene rings is 1. The van der Waals surface area contributed by atoms with E-state index in [-0.39, 0.29) is 5.75 Å². The first-order chi connectivity index (χ1) is 5.66. The monoisotopic (exact) mass is 230 g/mol. The third-order valence-electron chi connectivity index (χ3n) is 1.80. The Labute approximate surface area is 80.3 Å². The highest BCUT2D eigenvalue weighted by Gasteiger charge is 2.06. The number of halogens is 1. The lowest BCUT2D eigenvalue weighted by Gasteiger charge is -2.08. The molecular weight excluding hydrogens is 220 g/mol. The fourth-order valence-electron chi connectivity index (χ4n) is 1.04. The molecule has 0 radical (unpaired) electrons. The normalized spacial score (nSPS) is 10.2. The zero-order valence-corrected chi connectivity index (χ0v) is 8.68. The quantitative estimate of drug-likeness (QED) is 0.847. The molecule has 0 heterocycles. The Hall–Kier alpha value is -0.540. The summed E-state index contributed by atoms with van der Waals surface area (Å²) in [6.45, 7) is 2.38. The van der Waals surface area contributed by atoms with Crippen LogP contribution in [0.1, 0.15) is 11.1 Å². The number of hydrogen-bond acceptors (Lipinski definition) is 2. The molecule has 66 valence electrons. The van der Waals surface area contributed by atoms with Gasteiger partial charge in [-0.2, -0.15) is 0 Å². The predicted octanol–water partition coefficient (Wildman–Crippen LogP) is 2.61. The van der Waals surface area contributed by atoms with Gasteiger partial charge in [0.05, 0.1) is 6.61 Å². The summed E-state index contributed by atoms with van der Waals surface area (Å²) in [4.78, 5) is 0. The minimum absolute atomic E-state index is 0.289. The number of aromatic hydroxyl groups is 1. The van der Waals surface area contributed by atoms with Crippen LogP contribution in [0.25, 0.3) is 0 Å². The number of phenols is 1. The van der Waals surface area contributed by atoms with E-state index >= 15 is 0 Å². The zero-order valence-electron chi connectivity index (χ0n) is 7.10. The zero-order chi connectivity index (χ0) is 9.14. The molecule has 0 aromatic heterocycles. The molecule has 0 saturated carbocycles. The molecule has 0 spiro atoms. The molecule has 0 fully saturated rings. The summed E-state index contributed by atoms with van der Waals surface area (Å²) >= 11 is 3.38.